The van der Waals surface area contributed by atoms with Crippen LogP contribution in [0.2, 0.25) is 0 Å². The summed E-state index contributed by atoms with van der Waals surface area (Å²) in [6.07, 6.45) is 2.25. The lowest BCUT2D eigenvalue weighted by atomic mass is 10.0. The Hall–Kier alpha value is -1.63. The van der Waals surface area contributed by atoms with E-state index >= 15 is 0 Å². The molecule has 1 aromatic carbocycles. The van der Waals surface area contributed by atoms with Crippen LogP contribution in [0.3, 0.4) is 0 Å². The van der Waals surface area contributed by atoms with Crippen LogP contribution in [-0.4, -0.2) is 36.5 Å². The van der Waals surface area contributed by atoms with Gasteiger partial charge in [0.05, 0.1) is 18.2 Å². The maximum Gasteiger partial charge on any atom is 0.191 e. The minimum atomic E-state index is 0. The van der Waals surface area contributed by atoms with Crippen molar-refractivity contribution in [2.45, 2.75) is 38.9 Å². The van der Waals surface area contributed by atoms with E-state index < -0.39 is 0 Å². The number of rotatable bonds is 6. The van der Waals surface area contributed by atoms with E-state index in [1.165, 1.54) is 5.56 Å². The van der Waals surface area contributed by atoms with Crippen LogP contribution in [0.5, 0.6) is 0 Å². The van der Waals surface area contributed by atoms with Crippen molar-refractivity contribution in [2.24, 2.45) is 4.99 Å². The average Bonchev–Trinajstić information content (AvgIpc) is 3.21. The van der Waals surface area contributed by atoms with E-state index in [4.69, 9.17) is 10.3 Å². The molecule has 28 heavy (non-hydrogen) atoms. The van der Waals surface area contributed by atoms with Gasteiger partial charge in [-0.1, -0.05) is 12.1 Å². The number of hydrogen-bond acceptors (Lipinski definition) is 4. The van der Waals surface area contributed by atoms with Crippen LogP contribution >= 0.6 is 35.3 Å². The molecule has 2 aromatic rings. The van der Waals surface area contributed by atoms with Crippen LogP contribution in [0, 0.1) is 11.3 Å². The van der Waals surface area contributed by atoms with E-state index in [1.54, 1.807) is 11.3 Å². The first-order valence-corrected chi connectivity index (χ1v) is 10.5. The predicted molar refractivity (Wildman–Crippen MR) is 127 cm³/mol. The third kappa shape index (κ3) is 7.08. The first-order valence-electron chi connectivity index (χ1n) is 9.54. The predicted octanol–water partition coefficient (Wildman–Crippen LogP) is 3.96. The molecular weight excluding hydrogens is 481 g/mol. The fourth-order valence-electron chi connectivity index (χ4n) is 3.30. The number of nitrogens with zero attached hydrogens (tertiary/aromatic N) is 3. The van der Waals surface area contributed by atoms with Crippen LogP contribution < -0.4 is 10.6 Å². The number of guanidine groups is 1. The van der Waals surface area contributed by atoms with E-state index in [0.29, 0.717) is 18.2 Å². The molecule has 0 radical (unpaired) electrons. The van der Waals surface area contributed by atoms with Gasteiger partial charge in [-0.25, -0.2) is 4.99 Å². The second-order valence-corrected chi connectivity index (χ2v) is 7.61. The summed E-state index contributed by atoms with van der Waals surface area (Å²) < 4.78 is 0. The smallest absolute Gasteiger partial charge is 0.191 e. The number of piperidine rings is 1. The number of likely N-dealkylation sites (tertiary alicyclic amines) is 1. The van der Waals surface area contributed by atoms with Gasteiger partial charge in [0.25, 0.3) is 0 Å². The molecule has 7 heteroatoms. The lowest BCUT2D eigenvalue weighted by Gasteiger charge is -2.33. The van der Waals surface area contributed by atoms with Crippen molar-refractivity contribution in [3.63, 3.8) is 0 Å². The summed E-state index contributed by atoms with van der Waals surface area (Å²) in [5, 5.41) is 20.3. The number of halogens is 1. The van der Waals surface area contributed by atoms with Crippen LogP contribution in [0.1, 0.15) is 36.5 Å². The normalized spacial score (nSPS) is 15.5. The molecule has 150 valence electrons. The van der Waals surface area contributed by atoms with Crippen LogP contribution in [0.15, 0.2) is 46.1 Å². The molecule has 2 heterocycles. The topological polar surface area (TPSA) is 63.5 Å². The summed E-state index contributed by atoms with van der Waals surface area (Å²) >= 11 is 1.77. The maximum atomic E-state index is 9.03. The highest BCUT2D eigenvalue weighted by Crippen LogP contribution is 2.15. The Bertz CT molecular complexity index is 776. The zero-order valence-electron chi connectivity index (χ0n) is 16.2. The third-order valence-corrected chi connectivity index (χ3v) is 5.47. The Morgan fingerprint density at radius 2 is 2.11 bits per heavy atom. The fourth-order valence-corrected chi connectivity index (χ4v) is 3.96. The van der Waals surface area contributed by atoms with Crippen molar-refractivity contribution in [1.82, 2.24) is 15.5 Å². The van der Waals surface area contributed by atoms with Gasteiger partial charge in [-0.05, 0) is 59.9 Å². The van der Waals surface area contributed by atoms with Crippen molar-refractivity contribution in [3.05, 3.63) is 57.8 Å². The molecule has 0 saturated carbocycles. The SMILES string of the molecule is CCNC(=NCc1cccc(C#N)c1)NC1CCN(Cc2ccsc2)CC1.I. The Morgan fingerprint density at radius 1 is 1.29 bits per heavy atom. The minimum absolute atomic E-state index is 0. The molecule has 0 bridgehead atoms. The Labute approximate surface area is 188 Å². The molecule has 1 saturated heterocycles. The largest absolute Gasteiger partial charge is 0.357 e. The number of hydrogen-bond donors (Lipinski definition) is 2. The van der Waals surface area contributed by atoms with Gasteiger partial charge in [-0.15, -0.1) is 24.0 Å². The van der Waals surface area contributed by atoms with Gasteiger partial charge < -0.3 is 10.6 Å². The lowest BCUT2D eigenvalue weighted by molar-refractivity contribution is 0.198. The summed E-state index contributed by atoms with van der Waals surface area (Å²) in [6.45, 7) is 6.76. The first-order chi connectivity index (χ1) is 13.3. The molecule has 0 aliphatic carbocycles. The van der Waals surface area contributed by atoms with E-state index in [-0.39, 0.29) is 24.0 Å². The molecular formula is C21H28IN5S. The quantitative estimate of drug-likeness (QED) is 0.352. The number of thiophene rings is 1. The highest BCUT2D eigenvalue weighted by Gasteiger charge is 2.20. The van der Waals surface area contributed by atoms with Crippen LogP contribution in [0.4, 0.5) is 0 Å². The molecule has 3 rings (SSSR count). The zero-order chi connectivity index (χ0) is 18.9. The van der Waals surface area contributed by atoms with Gasteiger partial charge >= 0.3 is 0 Å². The monoisotopic (exact) mass is 509 g/mol. The Balaban J connectivity index is 0.00000280. The van der Waals surface area contributed by atoms with E-state index in [1.807, 2.05) is 24.3 Å². The highest BCUT2D eigenvalue weighted by molar-refractivity contribution is 14.0. The second kappa shape index (κ2) is 12.0. The summed E-state index contributed by atoms with van der Waals surface area (Å²) in [4.78, 5) is 7.23. The number of benzene rings is 1. The van der Waals surface area contributed by atoms with Gasteiger partial charge in [-0.3, -0.25) is 4.90 Å². The first kappa shape index (κ1) is 22.7. The summed E-state index contributed by atoms with van der Waals surface area (Å²) in [7, 11) is 0. The van der Waals surface area contributed by atoms with Crippen molar-refractivity contribution >= 4 is 41.3 Å². The van der Waals surface area contributed by atoms with E-state index in [0.717, 1.165) is 50.5 Å². The fraction of sp³-hybridized carbons (Fsp3) is 0.429. The minimum Gasteiger partial charge on any atom is -0.357 e. The van der Waals surface area contributed by atoms with Gasteiger partial charge in [0.2, 0.25) is 0 Å². The zero-order valence-corrected chi connectivity index (χ0v) is 19.4. The molecule has 1 fully saturated rings. The van der Waals surface area contributed by atoms with E-state index in [9.17, 15) is 0 Å². The molecule has 1 aromatic heterocycles. The maximum absolute atomic E-state index is 9.03. The van der Waals surface area contributed by atoms with Crippen molar-refractivity contribution in [3.8, 4) is 6.07 Å². The van der Waals surface area contributed by atoms with Crippen molar-refractivity contribution in [1.29, 1.82) is 5.26 Å². The summed E-state index contributed by atoms with van der Waals surface area (Å²) in [6, 6.07) is 12.5. The van der Waals surface area contributed by atoms with E-state index in [2.05, 4.69) is 45.4 Å². The molecule has 1 aliphatic heterocycles. The molecule has 1 aliphatic rings. The number of nitrogens with one attached hydrogen (secondary N) is 2. The molecule has 5 nitrogen and oxygen atoms in total. The highest BCUT2D eigenvalue weighted by atomic mass is 127. The van der Waals surface area contributed by atoms with Crippen LogP contribution in [0.25, 0.3) is 0 Å². The standard InChI is InChI=1S/C21H27N5S.HI/c1-2-23-21(24-14-18-5-3-4-17(12-18)13-22)25-20-6-9-26(10-7-20)15-19-8-11-27-16-19;/h3-5,8,11-12,16,20H,2,6-7,9-10,14-15H2,1H3,(H2,23,24,25);1H. The Morgan fingerprint density at radius 3 is 2.79 bits per heavy atom. The molecule has 0 spiro atoms. The van der Waals surface area contributed by atoms with Gasteiger partial charge in [0, 0.05) is 32.2 Å². The molecule has 0 amide bonds. The average molecular weight is 509 g/mol. The van der Waals surface area contributed by atoms with Gasteiger partial charge in [0.15, 0.2) is 5.96 Å². The lowest BCUT2D eigenvalue weighted by Crippen LogP contribution is -2.48. The molecule has 0 atom stereocenters. The number of nitriles is 1. The van der Waals surface area contributed by atoms with Gasteiger partial charge in [0.1, 0.15) is 0 Å². The number of aliphatic imine (C=N–C) groups is 1. The Kier molecular flexibility index (Phi) is 9.75. The molecule has 2 N–H and O–H groups in total. The second-order valence-electron chi connectivity index (χ2n) is 6.83. The van der Waals surface area contributed by atoms with Gasteiger partial charge in [-0.2, -0.15) is 16.6 Å². The van der Waals surface area contributed by atoms with Crippen LogP contribution in [-0.2, 0) is 13.1 Å². The third-order valence-electron chi connectivity index (χ3n) is 4.73. The summed E-state index contributed by atoms with van der Waals surface area (Å²) in [5.41, 5.74) is 3.15. The van der Waals surface area contributed by atoms with Crippen molar-refractivity contribution < 1.29 is 0 Å². The van der Waals surface area contributed by atoms with Crippen molar-refractivity contribution in [2.75, 3.05) is 19.6 Å². The molecule has 0 unspecified atom stereocenters. The summed E-state index contributed by atoms with van der Waals surface area (Å²) in [5.74, 6) is 0.858.